The molecule has 2 rings (SSSR count). The van der Waals surface area contributed by atoms with Gasteiger partial charge in [-0.05, 0) is 61.1 Å². The van der Waals surface area contributed by atoms with Gasteiger partial charge in [0.2, 0.25) is 0 Å². The molecule has 6 heteroatoms. The van der Waals surface area contributed by atoms with Gasteiger partial charge < -0.3 is 29.2 Å². The molecule has 0 radical (unpaired) electrons. The zero-order valence-corrected chi connectivity index (χ0v) is 28.0. The molecular weight excluding hydrogens is 552 g/mol. The highest BCUT2D eigenvalue weighted by molar-refractivity contribution is 5.43. The normalized spacial score (nSPS) is 11.1. The van der Waals surface area contributed by atoms with Gasteiger partial charge in [-0.1, -0.05) is 116 Å². The van der Waals surface area contributed by atoms with Crippen LogP contribution in [0.2, 0.25) is 0 Å². The number of unbranched alkanes of at least 4 members (excludes halogenated alkanes) is 15. The highest BCUT2D eigenvalue weighted by Crippen LogP contribution is 2.30. The van der Waals surface area contributed by atoms with E-state index in [1.165, 1.54) is 89.9 Å². The maximum Gasteiger partial charge on any atom is 0.161 e. The summed E-state index contributed by atoms with van der Waals surface area (Å²) in [6.07, 6.45) is 21.4. The van der Waals surface area contributed by atoms with Gasteiger partial charge >= 0.3 is 0 Å². The van der Waals surface area contributed by atoms with Crippen molar-refractivity contribution in [3.63, 3.8) is 0 Å². The Morgan fingerprint density at radius 1 is 0.386 bits per heavy atom. The molecule has 0 amide bonds. The van der Waals surface area contributed by atoms with Crippen LogP contribution in [0.5, 0.6) is 23.0 Å². The summed E-state index contributed by atoms with van der Waals surface area (Å²) in [4.78, 5) is 0. The van der Waals surface area contributed by atoms with E-state index in [9.17, 15) is 10.2 Å². The molecule has 0 aliphatic carbocycles. The molecule has 0 atom stereocenters. The van der Waals surface area contributed by atoms with E-state index >= 15 is 0 Å². The monoisotopic (exact) mass is 614 g/mol. The Bertz CT molecular complexity index is 885. The van der Waals surface area contributed by atoms with E-state index in [4.69, 9.17) is 18.9 Å². The summed E-state index contributed by atoms with van der Waals surface area (Å²) in [5.74, 6) is 3.08. The van der Waals surface area contributed by atoms with Crippen LogP contribution in [0.3, 0.4) is 0 Å². The van der Waals surface area contributed by atoms with E-state index in [-0.39, 0.29) is 13.2 Å². The van der Waals surface area contributed by atoms with Crippen LogP contribution >= 0.6 is 0 Å². The summed E-state index contributed by atoms with van der Waals surface area (Å²) in [5, 5.41) is 19.0. The first-order chi connectivity index (χ1) is 21.7. The molecule has 0 aliphatic rings. The second-order valence-corrected chi connectivity index (χ2v) is 11.9. The number of aliphatic hydroxyl groups is 2. The van der Waals surface area contributed by atoms with Gasteiger partial charge in [-0.25, -0.2) is 0 Å². The average Bonchev–Trinajstić information content (AvgIpc) is 3.05. The first-order valence-corrected chi connectivity index (χ1v) is 17.7. The van der Waals surface area contributed by atoms with Crippen molar-refractivity contribution < 1.29 is 29.2 Å². The lowest BCUT2D eigenvalue weighted by atomic mass is 10.1. The molecule has 2 aromatic rings. The van der Waals surface area contributed by atoms with Crippen molar-refractivity contribution in [3.8, 4) is 23.0 Å². The van der Waals surface area contributed by atoms with Crippen molar-refractivity contribution in [2.45, 2.75) is 143 Å². The summed E-state index contributed by atoms with van der Waals surface area (Å²) in [6.45, 7) is 7.22. The Morgan fingerprint density at radius 2 is 0.682 bits per heavy atom. The van der Waals surface area contributed by atoms with Crippen LogP contribution < -0.4 is 18.9 Å². The van der Waals surface area contributed by atoms with Crippen LogP contribution in [0.1, 0.15) is 141 Å². The molecule has 0 spiro atoms. The number of hydrogen-bond donors (Lipinski definition) is 2. The standard InChI is InChI=1S/C38H62O6/c1-3-5-7-17-25-41-35-23-21-33(31-39)29-37(35)43-27-19-15-13-11-9-10-12-14-16-20-28-44-38-30-34(32-40)22-24-36(38)42-26-18-8-6-4-2/h21-24,29-30,39-40H,3-20,25-28,31-32H2,1-2H3. The first-order valence-electron chi connectivity index (χ1n) is 17.7. The lowest BCUT2D eigenvalue weighted by molar-refractivity contribution is 0.254. The van der Waals surface area contributed by atoms with Gasteiger partial charge in [0.15, 0.2) is 23.0 Å². The molecule has 0 unspecified atom stereocenters. The molecule has 6 nitrogen and oxygen atoms in total. The largest absolute Gasteiger partial charge is 0.490 e. The van der Waals surface area contributed by atoms with Gasteiger partial charge in [-0.2, -0.15) is 0 Å². The number of rotatable bonds is 29. The third-order valence-electron chi connectivity index (χ3n) is 7.95. The topological polar surface area (TPSA) is 77.4 Å². The molecule has 0 aliphatic heterocycles. The summed E-state index contributed by atoms with van der Waals surface area (Å²) < 4.78 is 24.1. The fourth-order valence-corrected chi connectivity index (χ4v) is 5.17. The minimum Gasteiger partial charge on any atom is -0.490 e. The Balaban J connectivity index is 1.50. The first kappa shape index (κ1) is 37.7. The van der Waals surface area contributed by atoms with Crippen LogP contribution in [0.25, 0.3) is 0 Å². The quantitative estimate of drug-likeness (QED) is 0.0888. The van der Waals surface area contributed by atoms with E-state index in [0.29, 0.717) is 26.4 Å². The third kappa shape index (κ3) is 17.2. The minimum atomic E-state index is 0.0103. The van der Waals surface area contributed by atoms with Crippen molar-refractivity contribution in [1.82, 2.24) is 0 Å². The molecule has 0 aromatic heterocycles. The van der Waals surface area contributed by atoms with Gasteiger partial charge in [0.05, 0.1) is 39.6 Å². The predicted octanol–water partition coefficient (Wildman–Crippen LogP) is 9.95. The average molecular weight is 615 g/mol. The zero-order valence-electron chi connectivity index (χ0n) is 28.0. The SMILES string of the molecule is CCCCCCOc1ccc(CO)cc1OCCCCCCCCCCCCOc1cc(CO)ccc1OCCCCCC. The lowest BCUT2D eigenvalue weighted by Gasteiger charge is -2.14. The fourth-order valence-electron chi connectivity index (χ4n) is 5.17. The molecule has 2 N–H and O–H groups in total. The Labute approximate surface area is 268 Å². The highest BCUT2D eigenvalue weighted by Gasteiger charge is 2.09. The van der Waals surface area contributed by atoms with E-state index in [2.05, 4.69) is 13.8 Å². The fraction of sp³-hybridized carbons (Fsp3) is 0.684. The minimum absolute atomic E-state index is 0.0103. The van der Waals surface area contributed by atoms with Crippen molar-refractivity contribution >= 4 is 0 Å². The second-order valence-electron chi connectivity index (χ2n) is 11.9. The zero-order chi connectivity index (χ0) is 31.5. The van der Waals surface area contributed by atoms with Crippen LogP contribution in [0, 0.1) is 0 Å². The highest BCUT2D eigenvalue weighted by atomic mass is 16.5. The van der Waals surface area contributed by atoms with Crippen LogP contribution in [-0.4, -0.2) is 36.6 Å². The van der Waals surface area contributed by atoms with Gasteiger partial charge in [0.25, 0.3) is 0 Å². The Hall–Kier alpha value is -2.44. The molecular formula is C38H62O6. The number of benzene rings is 2. The molecule has 0 saturated carbocycles. The molecule has 0 heterocycles. The maximum atomic E-state index is 9.51. The van der Waals surface area contributed by atoms with Crippen molar-refractivity contribution in [2.75, 3.05) is 26.4 Å². The van der Waals surface area contributed by atoms with E-state index in [1.54, 1.807) is 0 Å². The van der Waals surface area contributed by atoms with Crippen LogP contribution in [0.15, 0.2) is 36.4 Å². The van der Waals surface area contributed by atoms with Crippen molar-refractivity contribution in [1.29, 1.82) is 0 Å². The van der Waals surface area contributed by atoms with E-state index < -0.39 is 0 Å². The number of aliphatic hydroxyl groups excluding tert-OH is 2. The maximum absolute atomic E-state index is 9.51. The summed E-state index contributed by atoms with van der Waals surface area (Å²) in [7, 11) is 0. The van der Waals surface area contributed by atoms with E-state index in [0.717, 1.165) is 59.8 Å². The molecule has 0 fully saturated rings. The smallest absolute Gasteiger partial charge is 0.161 e. The third-order valence-corrected chi connectivity index (χ3v) is 7.95. The number of hydrogen-bond acceptors (Lipinski definition) is 6. The van der Waals surface area contributed by atoms with Crippen molar-refractivity contribution in [3.05, 3.63) is 47.5 Å². The van der Waals surface area contributed by atoms with Gasteiger partial charge in [-0.3, -0.25) is 0 Å². The summed E-state index contributed by atoms with van der Waals surface area (Å²) in [5.41, 5.74) is 1.71. The molecule has 0 saturated heterocycles. The predicted molar refractivity (Wildman–Crippen MR) is 181 cm³/mol. The lowest BCUT2D eigenvalue weighted by Crippen LogP contribution is -2.03. The molecule has 0 bridgehead atoms. The second kappa shape index (κ2) is 25.8. The van der Waals surface area contributed by atoms with Crippen LogP contribution in [0.4, 0.5) is 0 Å². The summed E-state index contributed by atoms with van der Waals surface area (Å²) in [6, 6.07) is 11.5. The van der Waals surface area contributed by atoms with Gasteiger partial charge in [0.1, 0.15) is 0 Å². The summed E-state index contributed by atoms with van der Waals surface area (Å²) >= 11 is 0. The molecule has 44 heavy (non-hydrogen) atoms. The van der Waals surface area contributed by atoms with Gasteiger partial charge in [0, 0.05) is 0 Å². The molecule has 250 valence electrons. The number of ether oxygens (including phenoxy) is 4. The molecule has 2 aromatic carbocycles. The van der Waals surface area contributed by atoms with Gasteiger partial charge in [-0.15, -0.1) is 0 Å². The van der Waals surface area contributed by atoms with E-state index in [1.807, 2.05) is 36.4 Å². The van der Waals surface area contributed by atoms with Crippen LogP contribution in [-0.2, 0) is 13.2 Å². The Kier molecular flexibility index (Phi) is 22.2. The Morgan fingerprint density at radius 3 is 1.00 bits per heavy atom. The van der Waals surface area contributed by atoms with Crippen molar-refractivity contribution in [2.24, 2.45) is 0 Å².